The van der Waals surface area contributed by atoms with Crippen LogP contribution in [0.15, 0.2) is 77.4 Å². The van der Waals surface area contributed by atoms with Crippen LogP contribution in [-0.4, -0.2) is 266 Å². The molecule has 2 aromatic rings. The number of aryl methyl sites for hydroxylation is 1. The molecule has 0 bridgehead atoms. The quantitative estimate of drug-likeness (QED) is 0.00828. The summed E-state index contributed by atoms with van der Waals surface area (Å²) in [4.78, 5) is 190. The average molecular weight is 2130 g/mol. The molecule has 3 heterocycles. The maximum atomic E-state index is 15.3. The fourth-order valence-corrected chi connectivity index (χ4v) is 20.0. The Hall–Kier alpha value is -14.1. The number of unbranched alkanes of at least 4 members (excludes halogenated alkanes) is 2. The number of imide groups is 1. The zero-order chi connectivity index (χ0) is 112. The lowest BCUT2D eigenvalue weighted by Crippen LogP contribution is -2.49. The number of ketones is 5. The Morgan fingerprint density at radius 3 is 1.21 bits per heavy atom. The molecule has 2 aromatic carbocycles. The van der Waals surface area contributed by atoms with Gasteiger partial charge in [0.25, 0.3) is 10.1 Å². The fourth-order valence-electron chi connectivity index (χ4n) is 18.2. The number of Topliss-reactive ketones (excluding diaryl/α,β-unsaturated/α-hetero) is 5. The first-order valence-electron chi connectivity index (χ1n) is 51.0. The van der Waals surface area contributed by atoms with Gasteiger partial charge >= 0.3 is 0 Å². The minimum Gasteiger partial charge on any atom is -0.370 e. The largest absolute Gasteiger partial charge is 0.370 e. The first-order chi connectivity index (χ1) is 70.8. The molecule has 0 aromatic heterocycles. The summed E-state index contributed by atoms with van der Waals surface area (Å²) < 4.78 is 37.2. The molecule has 10 atom stereocenters. The Labute approximate surface area is 881 Å². The maximum absolute atomic E-state index is 15.3. The van der Waals surface area contributed by atoms with Crippen molar-refractivity contribution in [2.75, 3.05) is 89.2 Å². The average Bonchev–Trinajstić information content (AvgIpc) is 1.59. The summed E-state index contributed by atoms with van der Waals surface area (Å²) in [6.45, 7) is 15.6. The highest BCUT2D eigenvalue weighted by molar-refractivity contribution is 8.00. The van der Waals surface area contributed by atoms with Crippen LogP contribution in [0.25, 0.3) is 0 Å². The minimum absolute atomic E-state index is 0.00210. The molecule has 830 valence electrons. The number of fused-ring (bicyclic) bond motifs is 2. The van der Waals surface area contributed by atoms with E-state index in [1.807, 2.05) is 38.2 Å². The molecule has 5 rings (SSSR count). The van der Waals surface area contributed by atoms with Crippen molar-refractivity contribution >= 4 is 163 Å². The van der Waals surface area contributed by atoms with Crippen LogP contribution >= 0.6 is 11.8 Å². The standard InChI is InChI=1S/C99H161N33O16S2/c1-8-65(133)51-60(24-16-39-118-90(101)102)85(141)126-69(28-20-43-122-94(109)110)75(134)52-61(25-17-40-119-91(103)104)86(142)127-70(29-21-44-123-95(111)112)76(135)53-62(26-18-41-120-92(105)106)87(143)128-71(30-22-45-124-96(113)114)77(136)54-63(27-19-42-121-93(107)108)88(144)129-72(31-23-46-125-97(115)116)78(137)55-64(84(100)140)58-149-79-57-83(139)132(89(79)145)49-47-117-82(138)34-14-11-15-48-131-74-38-36-66(150(146,147)148)56-68(74)99(6,7)81(131)33-13-10-12-32-80-98(4,5)67-50-59(3)35-37-73(67)130(80)9-2/h10,12-13,32-33,35-38,50,56,60-64,69-72,79H,8-9,11,14-31,34,39-49,51-55,57-58H2,1-7H3,(H39-,100,101,102,103,104,105,106,107,108,109,110,111,112,113,114,115,116,117,118,119,120,121,122,123,124,125,126,127,128,129,138,140,141,142,143,144,146,147,148)/p+1/t60-,61-,62-,63-,64+,69+,70+,71+,72+,79?/m0/s1. The van der Waals surface area contributed by atoms with Gasteiger partial charge in [-0.3, -0.25) is 115 Å². The van der Waals surface area contributed by atoms with Crippen LogP contribution in [0.4, 0.5) is 11.4 Å². The van der Waals surface area contributed by atoms with Crippen LogP contribution in [0.3, 0.4) is 0 Å². The van der Waals surface area contributed by atoms with Crippen LogP contribution in [0.5, 0.6) is 0 Å². The summed E-state index contributed by atoms with van der Waals surface area (Å²) in [5.74, 6) is -18.4. The predicted octanol–water partition coefficient (Wildman–Crippen LogP) is 0.787. The van der Waals surface area contributed by atoms with Crippen molar-refractivity contribution in [1.29, 1.82) is 43.3 Å². The summed E-state index contributed by atoms with van der Waals surface area (Å²) in [6.07, 6.45) is 9.21. The number of likely N-dealkylation sites (tertiary alicyclic amines) is 1. The lowest BCUT2D eigenvalue weighted by atomic mass is 9.81. The molecule has 1 saturated heterocycles. The number of nitrogens with zero attached hydrogens (tertiary/aromatic N) is 3. The molecule has 51 heteroatoms. The number of hydrogen-bond acceptors (Lipinski definition) is 25. The van der Waals surface area contributed by atoms with Gasteiger partial charge in [-0.05, 0) is 179 Å². The topological polar surface area (TPSA) is 867 Å². The van der Waals surface area contributed by atoms with Crippen molar-refractivity contribution in [2.24, 2.45) is 81.2 Å². The van der Waals surface area contributed by atoms with Crippen molar-refractivity contribution < 1.29 is 79.9 Å². The van der Waals surface area contributed by atoms with Crippen molar-refractivity contribution in [3.8, 4) is 0 Å². The Kier molecular flexibility index (Phi) is 53.6. The number of primary amides is 1. The van der Waals surface area contributed by atoms with Crippen LogP contribution in [0.2, 0.25) is 0 Å². The van der Waals surface area contributed by atoms with Gasteiger partial charge < -0.3 is 126 Å². The monoisotopic (exact) mass is 2130 g/mol. The van der Waals surface area contributed by atoms with Gasteiger partial charge in [0, 0.05) is 187 Å². The maximum Gasteiger partial charge on any atom is 0.294 e. The van der Waals surface area contributed by atoms with Crippen molar-refractivity contribution in [3.05, 3.63) is 89.2 Å². The summed E-state index contributed by atoms with van der Waals surface area (Å²) in [5.41, 5.74) is 57.0. The molecule has 3 aliphatic heterocycles. The lowest BCUT2D eigenvalue weighted by Gasteiger charge is -2.27. The van der Waals surface area contributed by atoms with Gasteiger partial charge in [0.2, 0.25) is 52.9 Å². The highest BCUT2D eigenvalue weighted by Gasteiger charge is 2.46. The van der Waals surface area contributed by atoms with Crippen LogP contribution in [-0.2, 0) is 83.3 Å². The molecule has 0 aliphatic carbocycles. The van der Waals surface area contributed by atoms with Gasteiger partial charge in [0.1, 0.15) is 12.3 Å². The number of guanidine groups is 8. The van der Waals surface area contributed by atoms with E-state index in [2.05, 4.69) is 131 Å². The van der Waals surface area contributed by atoms with Gasteiger partial charge in [-0.25, -0.2) is 0 Å². The molecule has 49 nitrogen and oxygen atoms in total. The number of rotatable bonds is 73. The third-order valence-corrected chi connectivity index (χ3v) is 28.6. The molecule has 40 N–H and O–H groups in total. The number of carbonyl (C=O) groups is 13. The van der Waals surface area contributed by atoms with Crippen molar-refractivity contribution in [1.82, 2.24) is 74.0 Å². The van der Waals surface area contributed by atoms with Gasteiger partial charge in [0.15, 0.2) is 76.5 Å². The predicted molar refractivity (Wildman–Crippen MR) is 578 cm³/mol. The van der Waals surface area contributed by atoms with Crippen molar-refractivity contribution in [3.63, 3.8) is 0 Å². The number of allylic oxidation sites excluding steroid dienone is 6. The number of hydrogen-bond donors (Lipinski definition) is 31. The number of anilines is 1. The van der Waals surface area contributed by atoms with E-state index in [1.165, 1.54) is 28.9 Å². The summed E-state index contributed by atoms with van der Waals surface area (Å²) in [5, 5.41) is 96.2. The Morgan fingerprint density at radius 2 is 0.840 bits per heavy atom. The highest BCUT2D eigenvalue weighted by atomic mass is 32.2. The first-order valence-corrected chi connectivity index (χ1v) is 53.5. The molecule has 0 spiro atoms. The van der Waals surface area contributed by atoms with Crippen LogP contribution in [0, 0.1) is 79.8 Å². The number of thioether (sulfide) groups is 1. The molecule has 1 unspecified atom stereocenters. The van der Waals surface area contributed by atoms with Gasteiger partial charge in [-0.1, -0.05) is 57.0 Å². The second-order valence-corrected chi connectivity index (χ2v) is 41.5. The van der Waals surface area contributed by atoms with Crippen LogP contribution in [0.1, 0.15) is 232 Å². The normalized spacial score (nSPS) is 16.0. The molecule has 0 radical (unpaired) electrons. The zero-order valence-electron chi connectivity index (χ0n) is 87.3. The van der Waals surface area contributed by atoms with E-state index in [0.717, 1.165) is 40.3 Å². The minimum atomic E-state index is -4.53. The summed E-state index contributed by atoms with van der Waals surface area (Å²) in [6, 6.07) is 5.43. The molecule has 8 amide bonds. The first kappa shape index (κ1) is 126. The van der Waals surface area contributed by atoms with E-state index in [-0.39, 0.29) is 227 Å². The van der Waals surface area contributed by atoms with E-state index in [0.29, 0.717) is 37.8 Å². The van der Waals surface area contributed by atoms with Gasteiger partial charge in [0.05, 0.1) is 45.6 Å². The fraction of sp³-hybridized carbons (Fsp3) is 0.596. The van der Waals surface area contributed by atoms with E-state index < -0.39 is 200 Å². The Morgan fingerprint density at radius 1 is 0.453 bits per heavy atom. The highest BCUT2D eigenvalue weighted by Crippen LogP contribution is 2.49. The number of carbonyl (C=O) groups excluding carboxylic acids is 13. The number of benzene rings is 2. The third kappa shape index (κ3) is 43.6. The third-order valence-electron chi connectivity index (χ3n) is 26.4. The zero-order valence-corrected chi connectivity index (χ0v) is 89.0. The summed E-state index contributed by atoms with van der Waals surface area (Å²) >= 11 is 0.911. The molecular formula is C99H162N33O16S2+. The second kappa shape index (κ2) is 63.6. The molecule has 0 saturated carbocycles. The molecule has 150 heavy (non-hydrogen) atoms. The number of nitrogens with one attached hydrogen (secondary N) is 21. The second-order valence-electron chi connectivity index (χ2n) is 38.8. The van der Waals surface area contributed by atoms with Gasteiger partial charge in [-0.2, -0.15) is 13.0 Å². The molecule has 1 fully saturated rings. The van der Waals surface area contributed by atoms with E-state index in [1.54, 1.807) is 13.0 Å². The van der Waals surface area contributed by atoms with Gasteiger partial charge in [-0.15, -0.1) is 11.8 Å². The number of amides is 8. The lowest BCUT2D eigenvalue weighted by molar-refractivity contribution is -0.433. The Bertz CT molecular complexity index is 5380. The summed E-state index contributed by atoms with van der Waals surface area (Å²) in [7, 11) is -4.53. The molecule has 3 aliphatic rings. The SMILES string of the molecule is CCC(=O)C[C@H](CCCNC(=N)N)C(=O)N[C@H](CCCNC(=N)N)C(=O)C[C@H](CCCNC(=N)N)C(=O)N[C@H](CCCNC(=N)N)C(=O)C[C@H](CCCNC(=N)N)C(=O)N[C@H](CCCNC(=N)N)C(=O)C[C@H](CCCNC(=N)N)C(=O)N[C@H](CCCNC(=N)N)C(=O)C[C@H](CSC1CC(=O)N(CCNC(=O)CCCCCN2/C(=C/C=C/C=C/C3=[N+](CC)c4ccc(C)cc4C3(C)C)C(C)(C)c3cc(S(=O)(=O)O)ccc32)C1=O)C(N)=O. The van der Waals surface area contributed by atoms with E-state index in [4.69, 9.17) is 94.9 Å². The smallest absolute Gasteiger partial charge is 0.294 e. The number of nitrogens with two attached hydrogens (primary N) is 9. The van der Waals surface area contributed by atoms with E-state index in [9.17, 15) is 51.3 Å². The van der Waals surface area contributed by atoms with E-state index >= 15 is 24.0 Å². The Balaban J connectivity index is 1.34. The van der Waals surface area contributed by atoms with Crippen molar-refractivity contribution in [2.45, 2.75) is 267 Å². The van der Waals surface area contributed by atoms with Crippen LogP contribution < -0.4 is 126 Å². The molecular weight excluding hydrogens is 1970 g/mol.